The van der Waals surface area contributed by atoms with Gasteiger partial charge in [-0.15, -0.1) is 0 Å². The first-order valence-electron chi connectivity index (χ1n) is 14.9. The molecule has 0 aliphatic carbocycles. The maximum Gasteiger partial charge on any atom is 0.265 e. The van der Waals surface area contributed by atoms with Crippen LogP contribution in [0.25, 0.3) is 39.2 Å². The molecule has 0 unspecified atom stereocenters. The average molecular weight is 640 g/mol. The molecule has 0 fully saturated rings. The van der Waals surface area contributed by atoms with E-state index in [2.05, 4.69) is 114 Å². The van der Waals surface area contributed by atoms with Crippen molar-refractivity contribution in [1.29, 1.82) is 0 Å². The fourth-order valence-electron chi connectivity index (χ4n) is 5.59. The molecule has 1 N–H and O–H groups in total. The van der Waals surface area contributed by atoms with Crippen molar-refractivity contribution in [1.82, 2.24) is 0 Å². The Bertz CT molecular complexity index is 2030. The molecule has 0 bridgehead atoms. The van der Waals surface area contributed by atoms with E-state index >= 15 is 0 Å². The smallest absolute Gasteiger partial charge is 0.265 e. The van der Waals surface area contributed by atoms with E-state index < -0.39 is 10.1 Å². The minimum Gasteiger partial charge on any atom is -0.335 e. The van der Waals surface area contributed by atoms with Crippen LogP contribution in [0.1, 0.15) is 42.8 Å². The summed E-state index contributed by atoms with van der Waals surface area (Å²) in [5.41, 5.74) is 5.88. The van der Waals surface area contributed by atoms with Gasteiger partial charge in [0.25, 0.3) is 15.1 Å². The monoisotopic (exact) mass is 639 g/mol. The third-order valence-corrected chi connectivity index (χ3v) is 10.8. The average Bonchev–Trinajstić information content (AvgIpc) is 3.56. The van der Waals surface area contributed by atoms with Crippen molar-refractivity contribution in [2.24, 2.45) is 0 Å². The number of nitrogens with zero attached hydrogens (tertiary/aromatic N) is 2. The van der Waals surface area contributed by atoms with E-state index in [0.29, 0.717) is 13.0 Å². The number of thiazole rings is 1. The summed E-state index contributed by atoms with van der Waals surface area (Å²) in [6, 6.07) is 29.6. The lowest BCUT2D eigenvalue weighted by Crippen LogP contribution is -2.36. The molecule has 1 aromatic heterocycles. The van der Waals surface area contributed by atoms with E-state index in [1.807, 2.05) is 18.2 Å². The van der Waals surface area contributed by atoms with Gasteiger partial charge in [0, 0.05) is 23.9 Å². The van der Waals surface area contributed by atoms with Gasteiger partial charge in [-0.25, -0.2) is 0 Å². The van der Waals surface area contributed by atoms with E-state index in [-0.39, 0.29) is 5.75 Å². The van der Waals surface area contributed by atoms with Gasteiger partial charge in [0.15, 0.2) is 6.54 Å². The Morgan fingerprint density at radius 1 is 0.932 bits per heavy atom. The molecular weight excluding hydrogens is 605 g/mol. The van der Waals surface area contributed by atoms with Crippen LogP contribution in [0.2, 0.25) is 0 Å². The lowest BCUT2D eigenvalue weighted by molar-refractivity contribution is -0.667. The van der Waals surface area contributed by atoms with Gasteiger partial charge in [-0.05, 0) is 65.8 Å². The van der Waals surface area contributed by atoms with Crippen molar-refractivity contribution >= 4 is 78.1 Å². The Labute approximate surface area is 267 Å². The van der Waals surface area contributed by atoms with Crippen LogP contribution < -0.4 is 9.47 Å². The van der Waals surface area contributed by atoms with Crippen LogP contribution in [0.5, 0.6) is 0 Å². The molecule has 0 atom stereocenters. The van der Waals surface area contributed by atoms with Crippen molar-refractivity contribution in [2.75, 3.05) is 17.2 Å². The molecule has 0 spiro atoms. The SMILES string of the molecule is CCC(=Cc1sc2ccc3ccccc3c2[n+]1CCCS(=O)(=O)O)C=C1Sc2cc(C=Cc3ccccc3)ccc2N1CC. The first-order chi connectivity index (χ1) is 21.3. The number of hydrogen-bond acceptors (Lipinski definition) is 5. The number of anilines is 1. The van der Waals surface area contributed by atoms with Gasteiger partial charge >= 0.3 is 0 Å². The second-order valence-electron chi connectivity index (χ2n) is 10.7. The van der Waals surface area contributed by atoms with E-state index in [4.69, 9.17) is 0 Å². The van der Waals surface area contributed by atoms with Gasteiger partial charge in [-0.1, -0.05) is 103 Å². The summed E-state index contributed by atoms with van der Waals surface area (Å²) >= 11 is 3.52. The van der Waals surface area contributed by atoms with Crippen LogP contribution in [0, 0.1) is 0 Å². The molecule has 2 heterocycles. The zero-order valence-electron chi connectivity index (χ0n) is 24.8. The lowest BCUT2D eigenvalue weighted by atomic mass is 10.1. The van der Waals surface area contributed by atoms with E-state index in [1.165, 1.54) is 32.3 Å². The van der Waals surface area contributed by atoms with Crippen LogP contribution in [0.3, 0.4) is 0 Å². The Kier molecular flexibility index (Phi) is 9.05. The van der Waals surface area contributed by atoms with Crippen LogP contribution in [-0.4, -0.2) is 25.3 Å². The molecule has 0 saturated carbocycles. The Morgan fingerprint density at radius 2 is 1.70 bits per heavy atom. The molecule has 0 radical (unpaired) electrons. The second kappa shape index (κ2) is 13.1. The predicted octanol–water partition coefficient (Wildman–Crippen LogP) is 9.06. The quantitative estimate of drug-likeness (QED) is 0.0939. The minimum absolute atomic E-state index is 0.265. The van der Waals surface area contributed by atoms with Gasteiger partial charge in [0.1, 0.15) is 4.70 Å². The number of aromatic nitrogens is 1. The molecule has 0 amide bonds. The van der Waals surface area contributed by atoms with Gasteiger partial charge in [-0.2, -0.15) is 13.0 Å². The maximum absolute atomic E-state index is 11.5. The highest BCUT2D eigenvalue weighted by molar-refractivity contribution is 8.03. The molecule has 44 heavy (non-hydrogen) atoms. The molecule has 0 saturated heterocycles. The molecule has 1 aliphatic heterocycles. The van der Waals surface area contributed by atoms with Crippen molar-refractivity contribution < 1.29 is 17.5 Å². The normalized spacial score (nSPS) is 14.8. The summed E-state index contributed by atoms with van der Waals surface area (Å²) < 4.78 is 35.8. The second-order valence-corrected chi connectivity index (χ2v) is 14.4. The van der Waals surface area contributed by atoms with Gasteiger partial charge in [0.05, 0.1) is 21.9 Å². The first-order valence-corrected chi connectivity index (χ1v) is 18.1. The number of hydrogen-bond donors (Lipinski definition) is 1. The van der Waals surface area contributed by atoms with Crippen LogP contribution in [0.15, 0.2) is 107 Å². The Morgan fingerprint density at radius 3 is 2.48 bits per heavy atom. The summed E-state index contributed by atoms with van der Waals surface area (Å²) in [5, 5.41) is 4.55. The van der Waals surface area contributed by atoms with E-state index in [9.17, 15) is 13.0 Å². The lowest BCUT2D eigenvalue weighted by Gasteiger charge is -2.18. The third-order valence-electron chi connectivity index (χ3n) is 7.76. The topological polar surface area (TPSA) is 61.5 Å². The third kappa shape index (κ3) is 6.69. The summed E-state index contributed by atoms with van der Waals surface area (Å²) in [6.07, 6.45) is 10.0. The molecular formula is C36H35N2O3S3+. The number of aryl methyl sites for hydroxylation is 1. The standard InChI is InChI=1S/C36H34N2O3S3/c1-3-26(24-34-37(4-2)31-19-17-28(23-33(31)43-34)16-15-27-11-6-5-7-12-27)25-35-38(21-10-22-44(39,40)41)36-30-14-9-8-13-29(30)18-20-32(36)42-35/h5-9,11-20,23-25H,3-4,10,21-22H2,1-2H3/p+1. The van der Waals surface area contributed by atoms with Crippen molar-refractivity contribution in [2.45, 2.75) is 38.1 Å². The van der Waals surface area contributed by atoms with Crippen LogP contribution in [-0.2, 0) is 16.7 Å². The molecule has 8 heteroatoms. The van der Waals surface area contributed by atoms with Crippen molar-refractivity contribution in [3.8, 4) is 0 Å². The van der Waals surface area contributed by atoms with Crippen molar-refractivity contribution in [3.63, 3.8) is 0 Å². The van der Waals surface area contributed by atoms with Crippen LogP contribution in [0.4, 0.5) is 5.69 Å². The van der Waals surface area contributed by atoms with Crippen LogP contribution >= 0.6 is 23.1 Å². The number of rotatable bonds is 10. The summed E-state index contributed by atoms with van der Waals surface area (Å²) in [4.78, 5) is 3.62. The minimum atomic E-state index is -4.03. The highest BCUT2D eigenvalue weighted by Crippen LogP contribution is 2.47. The molecule has 4 aromatic carbocycles. The van der Waals surface area contributed by atoms with E-state index in [0.717, 1.165) is 39.0 Å². The fraction of sp³-hybridized carbons (Fsp3) is 0.194. The number of allylic oxidation sites excluding steroid dienone is 2. The molecule has 6 rings (SSSR count). The highest BCUT2D eigenvalue weighted by Gasteiger charge is 2.26. The van der Waals surface area contributed by atoms with Gasteiger partial charge < -0.3 is 4.90 Å². The largest absolute Gasteiger partial charge is 0.335 e. The summed E-state index contributed by atoms with van der Waals surface area (Å²) in [7, 11) is -4.03. The number of thioether (sulfide) groups is 1. The Hall–Kier alpha value is -3.69. The summed E-state index contributed by atoms with van der Waals surface area (Å²) in [5.74, 6) is -0.265. The molecule has 5 nitrogen and oxygen atoms in total. The molecule has 5 aromatic rings. The molecule has 224 valence electrons. The maximum atomic E-state index is 11.5. The highest BCUT2D eigenvalue weighted by atomic mass is 32.2. The first kappa shape index (κ1) is 30.3. The number of fused-ring (bicyclic) bond motifs is 4. The van der Waals surface area contributed by atoms with Gasteiger partial charge in [0.2, 0.25) is 5.52 Å². The Balaban J connectivity index is 1.35. The predicted molar refractivity (Wildman–Crippen MR) is 188 cm³/mol. The zero-order valence-corrected chi connectivity index (χ0v) is 27.3. The van der Waals surface area contributed by atoms with Gasteiger partial charge in [-0.3, -0.25) is 4.55 Å². The van der Waals surface area contributed by atoms with Crippen molar-refractivity contribution in [3.05, 3.63) is 118 Å². The molecule has 1 aliphatic rings. The summed E-state index contributed by atoms with van der Waals surface area (Å²) in [6.45, 7) is 5.71. The zero-order chi connectivity index (χ0) is 30.7. The van der Waals surface area contributed by atoms with E-state index in [1.54, 1.807) is 23.1 Å². The number of benzene rings is 4. The fourth-order valence-corrected chi connectivity index (χ4v) is 8.51.